The van der Waals surface area contributed by atoms with Gasteiger partial charge in [-0.15, -0.1) is 0 Å². The van der Waals surface area contributed by atoms with Crippen LogP contribution in [0.1, 0.15) is 62.1 Å². The van der Waals surface area contributed by atoms with Gasteiger partial charge < -0.3 is 10.2 Å². The molecule has 1 aliphatic carbocycles. The maximum absolute atomic E-state index is 14.2. The van der Waals surface area contributed by atoms with E-state index >= 15 is 0 Å². The molecule has 1 saturated carbocycles. The van der Waals surface area contributed by atoms with E-state index in [2.05, 4.69) is 5.32 Å². The minimum absolute atomic E-state index is 0.0491. The van der Waals surface area contributed by atoms with Crippen LogP contribution in [-0.4, -0.2) is 43.8 Å². The van der Waals surface area contributed by atoms with Gasteiger partial charge in [-0.05, 0) is 62.9 Å². The van der Waals surface area contributed by atoms with E-state index in [-0.39, 0.29) is 34.1 Å². The Bertz CT molecular complexity index is 1470. The van der Waals surface area contributed by atoms with E-state index in [1.54, 1.807) is 36.4 Å². The zero-order valence-electron chi connectivity index (χ0n) is 24.6. The van der Waals surface area contributed by atoms with E-state index in [0.29, 0.717) is 6.42 Å². The number of benzene rings is 3. The number of carbonyl (C=O) groups is 2. The quantitative estimate of drug-likeness (QED) is 0.272. The van der Waals surface area contributed by atoms with Crippen LogP contribution in [0.3, 0.4) is 0 Å². The maximum Gasteiger partial charge on any atom is 0.264 e. The molecule has 1 N–H and O–H groups in total. The van der Waals surface area contributed by atoms with Crippen LogP contribution < -0.4 is 9.62 Å². The molecule has 224 valence electrons. The highest BCUT2D eigenvalue weighted by Gasteiger charge is 2.35. The van der Waals surface area contributed by atoms with E-state index in [0.717, 1.165) is 53.1 Å². The Kier molecular flexibility index (Phi) is 10.7. The Morgan fingerprint density at radius 2 is 1.50 bits per heavy atom. The van der Waals surface area contributed by atoms with Crippen molar-refractivity contribution in [3.05, 3.63) is 94.5 Å². The summed E-state index contributed by atoms with van der Waals surface area (Å²) in [7, 11) is -4.17. The van der Waals surface area contributed by atoms with Crippen molar-refractivity contribution >= 4 is 39.1 Å². The first-order valence-electron chi connectivity index (χ1n) is 14.6. The van der Waals surface area contributed by atoms with Gasteiger partial charge in [0.05, 0.1) is 15.6 Å². The van der Waals surface area contributed by atoms with Crippen molar-refractivity contribution in [3.63, 3.8) is 0 Å². The standard InChI is InChI=1S/C33H40ClN3O4S/c1-4-30(33(39)35-27-10-6-5-7-11-27)36(22-26-18-14-24(2)15-19-26)32(38)23-37(31-13-9-8-12-29(31)34)42(40,41)28-20-16-25(3)17-21-28/h8-9,12-21,27,30H,4-7,10-11,22-23H2,1-3H3,(H,35,39)/t30-/m0/s1. The topological polar surface area (TPSA) is 86.8 Å². The molecule has 3 aromatic carbocycles. The van der Waals surface area contributed by atoms with E-state index in [4.69, 9.17) is 11.6 Å². The molecular weight excluding hydrogens is 570 g/mol. The summed E-state index contributed by atoms with van der Waals surface area (Å²) in [6, 6.07) is 20.1. The third-order valence-electron chi connectivity index (χ3n) is 7.82. The first-order valence-corrected chi connectivity index (χ1v) is 16.4. The smallest absolute Gasteiger partial charge is 0.264 e. The zero-order chi connectivity index (χ0) is 30.3. The lowest BCUT2D eigenvalue weighted by molar-refractivity contribution is -0.140. The van der Waals surface area contributed by atoms with Crippen LogP contribution >= 0.6 is 11.6 Å². The highest BCUT2D eigenvalue weighted by Crippen LogP contribution is 2.31. The Hall–Kier alpha value is -3.36. The Labute approximate surface area is 254 Å². The lowest BCUT2D eigenvalue weighted by Gasteiger charge is -2.34. The van der Waals surface area contributed by atoms with Crippen LogP contribution in [0.4, 0.5) is 5.69 Å². The summed E-state index contributed by atoms with van der Waals surface area (Å²) in [6.45, 7) is 5.37. The molecule has 42 heavy (non-hydrogen) atoms. The number of anilines is 1. The summed E-state index contributed by atoms with van der Waals surface area (Å²) in [4.78, 5) is 29.4. The van der Waals surface area contributed by atoms with Gasteiger partial charge in [0.25, 0.3) is 10.0 Å². The van der Waals surface area contributed by atoms with Crippen LogP contribution in [0.25, 0.3) is 0 Å². The van der Waals surface area contributed by atoms with E-state index in [9.17, 15) is 18.0 Å². The average Bonchev–Trinajstić information content (AvgIpc) is 2.98. The Balaban J connectivity index is 1.71. The molecule has 0 radical (unpaired) electrons. The average molecular weight is 610 g/mol. The molecule has 2 amide bonds. The number of halogens is 1. The van der Waals surface area contributed by atoms with E-state index < -0.39 is 28.5 Å². The lowest BCUT2D eigenvalue weighted by atomic mass is 9.95. The van der Waals surface area contributed by atoms with Crippen molar-refractivity contribution in [2.75, 3.05) is 10.8 Å². The monoisotopic (exact) mass is 609 g/mol. The summed E-state index contributed by atoms with van der Waals surface area (Å²) in [5.74, 6) is -0.702. The van der Waals surface area contributed by atoms with Gasteiger partial charge in [0.2, 0.25) is 11.8 Å². The first-order chi connectivity index (χ1) is 20.1. The van der Waals surface area contributed by atoms with Crippen LogP contribution in [0, 0.1) is 13.8 Å². The van der Waals surface area contributed by atoms with Crippen LogP contribution in [0.15, 0.2) is 77.7 Å². The molecule has 0 spiro atoms. The van der Waals surface area contributed by atoms with Crippen molar-refractivity contribution in [2.24, 2.45) is 0 Å². The first kappa shape index (κ1) is 31.6. The molecule has 0 aliphatic heterocycles. The van der Waals surface area contributed by atoms with Crippen molar-refractivity contribution in [2.45, 2.75) is 82.8 Å². The molecule has 9 heteroatoms. The van der Waals surface area contributed by atoms with Gasteiger partial charge in [0.1, 0.15) is 12.6 Å². The fourth-order valence-electron chi connectivity index (χ4n) is 5.36. The van der Waals surface area contributed by atoms with Crippen LogP contribution in [0.5, 0.6) is 0 Å². The number of nitrogens with one attached hydrogen (secondary N) is 1. The normalized spacial score (nSPS) is 14.7. The zero-order valence-corrected chi connectivity index (χ0v) is 26.1. The number of rotatable bonds is 11. The minimum atomic E-state index is -4.17. The van der Waals surface area contributed by atoms with Gasteiger partial charge >= 0.3 is 0 Å². The molecule has 0 unspecified atom stereocenters. The predicted molar refractivity (Wildman–Crippen MR) is 168 cm³/mol. The lowest BCUT2D eigenvalue weighted by Crippen LogP contribution is -2.54. The van der Waals surface area contributed by atoms with Crippen molar-refractivity contribution in [1.82, 2.24) is 10.2 Å². The van der Waals surface area contributed by atoms with Crippen LogP contribution in [0.2, 0.25) is 5.02 Å². The summed E-state index contributed by atoms with van der Waals surface area (Å²) in [5, 5.41) is 3.37. The SMILES string of the molecule is CC[C@@H](C(=O)NC1CCCCC1)N(Cc1ccc(C)cc1)C(=O)CN(c1ccccc1Cl)S(=O)(=O)c1ccc(C)cc1. The van der Waals surface area contributed by atoms with Crippen LogP contribution in [-0.2, 0) is 26.2 Å². The number of hydrogen-bond acceptors (Lipinski definition) is 4. The molecule has 4 rings (SSSR count). The molecular formula is C33H40ClN3O4S. The van der Waals surface area contributed by atoms with Gasteiger partial charge in [-0.25, -0.2) is 8.42 Å². The summed E-state index contributed by atoms with van der Waals surface area (Å²) in [6.07, 6.45) is 5.52. The molecule has 0 heterocycles. The van der Waals surface area contributed by atoms with E-state index in [1.165, 1.54) is 17.0 Å². The molecule has 1 fully saturated rings. The molecule has 0 saturated heterocycles. The number of carbonyl (C=O) groups excluding carboxylic acids is 2. The maximum atomic E-state index is 14.2. The third-order valence-corrected chi connectivity index (χ3v) is 9.91. The fraction of sp³-hybridized carbons (Fsp3) is 0.394. The highest BCUT2D eigenvalue weighted by atomic mass is 35.5. The van der Waals surface area contributed by atoms with Crippen molar-refractivity contribution < 1.29 is 18.0 Å². The fourth-order valence-corrected chi connectivity index (χ4v) is 7.08. The summed E-state index contributed by atoms with van der Waals surface area (Å²) >= 11 is 6.50. The second-order valence-corrected chi connectivity index (χ2v) is 13.3. The van der Waals surface area contributed by atoms with E-state index in [1.807, 2.05) is 45.0 Å². The van der Waals surface area contributed by atoms with Gasteiger partial charge in [-0.2, -0.15) is 0 Å². The van der Waals surface area contributed by atoms with Gasteiger partial charge in [-0.1, -0.05) is 97.4 Å². The minimum Gasteiger partial charge on any atom is -0.352 e. The molecule has 0 bridgehead atoms. The summed E-state index contributed by atoms with van der Waals surface area (Å²) < 4.78 is 29.1. The van der Waals surface area contributed by atoms with Crippen molar-refractivity contribution in [1.29, 1.82) is 0 Å². The molecule has 1 atom stereocenters. The second kappa shape index (κ2) is 14.2. The Morgan fingerprint density at radius 1 is 0.905 bits per heavy atom. The van der Waals surface area contributed by atoms with Crippen molar-refractivity contribution in [3.8, 4) is 0 Å². The Morgan fingerprint density at radius 3 is 2.10 bits per heavy atom. The highest BCUT2D eigenvalue weighted by molar-refractivity contribution is 7.92. The number of aryl methyl sites for hydroxylation is 2. The van der Waals surface area contributed by atoms with Gasteiger partial charge in [0.15, 0.2) is 0 Å². The number of sulfonamides is 1. The summed E-state index contributed by atoms with van der Waals surface area (Å²) in [5.41, 5.74) is 3.03. The number of hydrogen-bond donors (Lipinski definition) is 1. The largest absolute Gasteiger partial charge is 0.352 e. The third kappa shape index (κ3) is 7.72. The number of para-hydroxylation sites is 1. The van der Waals surface area contributed by atoms with Gasteiger partial charge in [-0.3, -0.25) is 13.9 Å². The molecule has 0 aromatic heterocycles. The van der Waals surface area contributed by atoms with Gasteiger partial charge in [0, 0.05) is 12.6 Å². The molecule has 3 aromatic rings. The predicted octanol–water partition coefficient (Wildman–Crippen LogP) is 6.41. The molecule has 1 aliphatic rings. The molecule has 7 nitrogen and oxygen atoms in total. The number of nitrogens with zero attached hydrogens (tertiary/aromatic N) is 2. The number of amides is 2. The second-order valence-electron chi connectivity index (χ2n) is 11.1.